The Morgan fingerprint density at radius 1 is 1.33 bits per heavy atom. The maximum atomic E-state index is 6.48. The molecule has 0 spiro atoms. The Bertz CT molecular complexity index is 623. The van der Waals surface area contributed by atoms with Crippen LogP contribution in [0.25, 0.3) is 11.0 Å². The second kappa shape index (κ2) is 3.49. The van der Waals surface area contributed by atoms with Crippen molar-refractivity contribution >= 4 is 22.6 Å². The van der Waals surface area contributed by atoms with Crippen LogP contribution >= 0.6 is 11.6 Å². The Morgan fingerprint density at radius 3 is 2.72 bits per heavy atom. The van der Waals surface area contributed by atoms with Crippen molar-refractivity contribution in [1.29, 1.82) is 0 Å². The van der Waals surface area contributed by atoms with Crippen LogP contribution < -0.4 is 5.73 Å². The number of nitrogens with zero attached hydrogens (tertiary/aromatic N) is 2. The molecule has 0 saturated heterocycles. The molecule has 3 nitrogen and oxygen atoms in total. The van der Waals surface area contributed by atoms with Gasteiger partial charge in [-0.1, -0.05) is 11.6 Å². The lowest BCUT2D eigenvalue weighted by Gasteiger charge is -2.37. The molecule has 94 valence electrons. The van der Waals surface area contributed by atoms with Crippen molar-refractivity contribution in [3.05, 3.63) is 29.0 Å². The number of fused-ring (bicyclic) bond motifs is 1. The molecule has 2 aromatic rings. The monoisotopic (exact) mass is 261 g/mol. The lowest BCUT2D eigenvalue weighted by Crippen LogP contribution is -2.45. The number of benzene rings is 1. The molecule has 2 aliphatic carbocycles. The average molecular weight is 262 g/mol. The minimum Gasteiger partial charge on any atom is -0.323 e. The van der Waals surface area contributed by atoms with Crippen molar-refractivity contribution < 1.29 is 0 Å². The molecule has 0 bridgehead atoms. The van der Waals surface area contributed by atoms with Gasteiger partial charge in [0, 0.05) is 11.1 Å². The lowest BCUT2D eigenvalue weighted by molar-refractivity contribution is 0.231. The molecule has 0 radical (unpaired) electrons. The van der Waals surface area contributed by atoms with Gasteiger partial charge in [0.25, 0.3) is 0 Å². The quantitative estimate of drug-likeness (QED) is 0.901. The summed E-state index contributed by atoms with van der Waals surface area (Å²) in [5.41, 5.74) is 8.45. The highest BCUT2D eigenvalue weighted by Gasteiger charge is 2.41. The van der Waals surface area contributed by atoms with E-state index in [0.29, 0.717) is 6.04 Å². The van der Waals surface area contributed by atoms with Gasteiger partial charge in [-0.25, -0.2) is 4.98 Å². The van der Waals surface area contributed by atoms with Crippen LogP contribution in [0.4, 0.5) is 0 Å². The van der Waals surface area contributed by atoms with Crippen molar-refractivity contribution in [2.45, 2.75) is 43.7 Å². The van der Waals surface area contributed by atoms with Gasteiger partial charge in [-0.15, -0.1) is 0 Å². The predicted molar refractivity (Wildman–Crippen MR) is 72.7 cm³/mol. The molecule has 1 aromatic carbocycles. The summed E-state index contributed by atoms with van der Waals surface area (Å²) >= 11 is 6.06. The molecule has 1 heterocycles. The molecule has 0 aliphatic heterocycles. The van der Waals surface area contributed by atoms with E-state index in [4.69, 9.17) is 22.3 Å². The summed E-state index contributed by atoms with van der Waals surface area (Å²) < 4.78 is 2.37. The van der Waals surface area contributed by atoms with E-state index in [-0.39, 0.29) is 5.54 Å². The van der Waals surface area contributed by atoms with E-state index in [1.165, 1.54) is 24.8 Å². The summed E-state index contributed by atoms with van der Waals surface area (Å²) in [6.45, 7) is 0. The van der Waals surface area contributed by atoms with Crippen molar-refractivity contribution in [3.63, 3.8) is 0 Å². The molecule has 2 N–H and O–H groups in total. The Kier molecular flexibility index (Phi) is 2.10. The molecule has 0 atom stereocenters. The van der Waals surface area contributed by atoms with Crippen molar-refractivity contribution in [2.24, 2.45) is 5.73 Å². The van der Waals surface area contributed by atoms with E-state index >= 15 is 0 Å². The predicted octanol–water partition coefficient (Wildman–Crippen LogP) is 3.36. The van der Waals surface area contributed by atoms with Gasteiger partial charge in [-0.05, 0) is 50.3 Å². The molecule has 18 heavy (non-hydrogen) atoms. The minimum absolute atomic E-state index is 0.200. The second-order valence-electron chi connectivity index (χ2n) is 5.68. The van der Waals surface area contributed by atoms with Gasteiger partial charge >= 0.3 is 0 Å². The van der Waals surface area contributed by atoms with Gasteiger partial charge in [0.15, 0.2) is 0 Å². The highest BCUT2D eigenvalue weighted by atomic mass is 35.5. The fraction of sp³-hybridized carbons (Fsp3) is 0.500. The maximum absolute atomic E-state index is 6.48. The number of hydrogen-bond donors (Lipinski definition) is 1. The zero-order valence-corrected chi connectivity index (χ0v) is 11.0. The summed E-state index contributed by atoms with van der Waals surface area (Å²) in [5.74, 6) is 1.08. The van der Waals surface area contributed by atoms with Gasteiger partial charge < -0.3 is 10.3 Å². The highest BCUT2D eigenvalue weighted by molar-refractivity contribution is 6.31. The van der Waals surface area contributed by atoms with Gasteiger partial charge in [0.05, 0.1) is 16.6 Å². The van der Waals surface area contributed by atoms with E-state index in [0.717, 1.165) is 29.2 Å². The van der Waals surface area contributed by atoms with Crippen LogP contribution in [0.2, 0.25) is 5.02 Å². The highest BCUT2D eigenvalue weighted by Crippen LogP contribution is 2.45. The smallest absolute Gasteiger partial charge is 0.130 e. The third kappa shape index (κ3) is 1.44. The number of aromatic nitrogens is 2. The normalized spacial score (nSPS) is 22.1. The summed E-state index contributed by atoms with van der Waals surface area (Å²) in [6.07, 6.45) is 5.81. The van der Waals surface area contributed by atoms with Crippen LogP contribution in [0.15, 0.2) is 18.2 Å². The van der Waals surface area contributed by atoms with Gasteiger partial charge in [0.2, 0.25) is 0 Å². The summed E-state index contributed by atoms with van der Waals surface area (Å²) in [5, 5.41) is 0.745. The first-order valence-electron chi connectivity index (χ1n) is 6.64. The van der Waals surface area contributed by atoms with E-state index < -0.39 is 0 Å². The number of halogens is 1. The van der Waals surface area contributed by atoms with Crippen LogP contribution in [-0.2, 0) is 5.54 Å². The van der Waals surface area contributed by atoms with Gasteiger partial charge in [0.1, 0.15) is 5.82 Å². The SMILES string of the molecule is NC1(c2nc3cc(Cl)ccc3n2C2CC2)CCC1. The van der Waals surface area contributed by atoms with Gasteiger partial charge in [-0.3, -0.25) is 0 Å². The standard InChI is InChI=1S/C14H16ClN3/c15-9-2-5-12-11(8-9)17-13(14(16)6-1-7-14)18(12)10-3-4-10/h2,5,8,10H,1,3-4,6-7,16H2. The second-order valence-corrected chi connectivity index (χ2v) is 6.12. The van der Waals surface area contributed by atoms with Crippen LogP contribution in [-0.4, -0.2) is 9.55 Å². The first-order valence-corrected chi connectivity index (χ1v) is 7.02. The maximum Gasteiger partial charge on any atom is 0.130 e. The van der Waals surface area contributed by atoms with E-state index in [9.17, 15) is 0 Å². The molecular weight excluding hydrogens is 246 g/mol. The molecule has 2 saturated carbocycles. The average Bonchev–Trinajstić information content (AvgIpc) is 3.07. The third-order valence-electron chi connectivity index (χ3n) is 4.25. The zero-order valence-electron chi connectivity index (χ0n) is 10.2. The Labute approximate surface area is 111 Å². The first kappa shape index (κ1) is 10.8. The molecule has 4 heteroatoms. The minimum atomic E-state index is -0.200. The Balaban J connectivity index is 1.97. The van der Waals surface area contributed by atoms with Crippen molar-refractivity contribution in [1.82, 2.24) is 9.55 Å². The lowest BCUT2D eigenvalue weighted by atomic mass is 9.77. The van der Waals surface area contributed by atoms with Gasteiger partial charge in [-0.2, -0.15) is 0 Å². The fourth-order valence-corrected chi connectivity index (χ4v) is 3.07. The van der Waals surface area contributed by atoms with Crippen molar-refractivity contribution in [3.8, 4) is 0 Å². The Hall–Kier alpha value is -1.06. The summed E-state index contributed by atoms with van der Waals surface area (Å²) in [7, 11) is 0. The molecule has 0 unspecified atom stereocenters. The van der Waals surface area contributed by atoms with E-state index in [1.54, 1.807) is 0 Å². The molecule has 2 fully saturated rings. The Morgan fingerprint density at radius 2 is 2.11 bits per heavy atom. The number of rotatable bonds is 2. The van der Waals surface area contributed by atoms with Crippen LogP contribution in [0, 0.1) is 0 Å². The van der Waals surface area contributed by atoms with E-state index in [1.807, 2.05) is 12.1 Å². The molecule has 0 amide bonds. The summed E-state index contributed by atoms with van der Waals surface area (Å²) in [4.78, 5) is 4.78. The first-order chi connectivity index (χ1) is 8.67. The topological polar surface area (TPSA) is 43.8 Å². The van der Waals surface area contributed by atoms with Crippen molar-refractivity contribution in [2.75, 3.05) is 0 Å². The molecule has 2 aliphatic rings. The third-order valence-corrected chi connectivity index (χ3v) is 4.49. The largest absolute Gasteiger partial charge is 0.323 e. The number of imidazole rings is 1. The molecule has 1 aromatic heterocycles. The fourth-order valence-electron chi connectivity index (χ4n) is 2.91. The zero-order chi connectivity index (χ0) is 12.3. The number of hydrogen-bond acceptors (Lipinski definition) is 2. The van der Waals surface area contributed by atoms with E-state index in [2.05, 4.69) is 10.6 Å². The molecular formula is C14H16ClN3. The summed E-state index contributed by atoms with van der Waals surface area (Å²) in [6, 6.07) is 6.57. The molecule has 4 rings (SSSR count). The van der Waals surface area contributed by atoms with Crippen LogP contribution in [0.1, 0.15) is 44.0 Å². The number of nitrogens with two attached hydrogens (primary N) is 1. The van der Waals surface area contributed by atoms with Crippen LogP contribution in [0.5, 0.6) is 0 Å². The van der Waals surface area contributed by atoms with Crippen LogP contribution in [0.3, 0.4) is 0 Å².